The first kappa shape index (κ1) is 21.0. The van der Waals surface area contributed by atoms with Crippen LogP contribution >= 0.6 is 22.9 Å². The smallest absolute Gasteiger partial charge is 0.226 e. The fraction of sp³-hybridized carbons (Fsp3) is 0.409. The van der Waals surface area contributed by atoms with Gasteiger partial charge in [0, 0.05) is 30.3 Å². The topological polar surface area (TPSA) is 71.3 Å². The molecule has 1 aliphatic rings. The zero-order chi connectivity index (χ0) is 20.9. The van der Waals surface area contributed by atoms with Crippen LogP contribution in [0.5, 0.6) is 0 Å². The number of piperidine rings is 1. The number of likely N-dealkylation sites (tertiary alicyclic amines) is 1. The molecule has 1 aromatic carbocycles. The van der Waals surface area contributed by atoms with Crippen molar-refractivity contribution >= 4 is 34.0 Å². The molecule has 158 valence electrons. The minimum atomic E-state index is -0.0970. The second-order valence-corrected chi connectivity index (χ2v) is 9.01. The average Bonchev–Trinajstić information content (AvgIpc) is 3.38. The first-order valence-electron chi connectivity index (χ1n) is 10.2. The maximum atomic E-state index is 12.3. The Labute approximate surface area is 185 Å². The zero-order valence-electron chi connectivity index (χ0n) is 16.9. The number of nitrogens with one attached hydrogen (secondary N) is 1. The number of carbonyl (C=O) groups excluding carboxylic acids is 1. The Morgan fingerprint density at radius 1 is 1.33 bits per heavy atom. The first-order chi connectivity index (χ1) is 14.6. The third-order valence-corrected chi connectivity index (χ3v) is 6.45. The Hall–Kier alpha value is -2.22. The average molecular weight is 445 g/mol. The summed E-state index contributed by atoms with van der Waals surface area (Å²) in [5.74, 6) is 1.84. The van der Waals surface area contributed by atoms with E-state index in [2.05, 4.69) is 27.1 Å². The van der Waals surface area contributed by atoms with Crippen molar-refractivity contribution in [1.82, 2.24) is 14.9 Å². The highest BCUT2D eigenvalue weighted by Crippen LogP contribution is 2.28. The highest BCUT2D eigenvalue weighted by atomic mass is 35.5. The first-order valence-corrected chi connectivity index (χ1v) is 11.5. The molecule has 8 heteroatoms. The summed E-state index contributed by atoms with van der Waals surface area (Å²) in [7, 11) is 0. The Morgan fingerprint density at radius 3 is 2.93 bits per heavy atom. The molecule has 0 unspecified atom stereocenters. The molecule has 0 spiro atoms. The molecule has 0 atom stereocenters. The summed E-state index contributed by atoms with van der Waals surface area (Å²) in [6.07, 6.45) is 4.82. The van der Waals surface area contributed by atoms with Crippen LogP contribution in [0.25, 0.3) is 11.3 Å². The number of aromatic nitrogens is 2. The maximum absolute atomic E-state index is 12.3. The second kappa shape index (κ2) is 9.73. The van der Waals surface area contributed by atoms with E-state index in [1.54, 1.807) is 12.3 Å². The van der Waals surface area contributed by atoms with Crippen LogP contribution in [0.15, 0.2) is 40.3 Å². The van der Waals surface area contributed by atoms with Gasteiger partial charge in [-0.25, -0.2) is 9.97 Å². The van der Waals surface area contributed by atoms with E-state index >= 15 is 0 Å². The maximum Gasteiger partial charge on any atom is 0.226 e. The number of anilines is 1. The van der Waals surface area contributed by atoms with E-state index in [-0.39, 0.29) is 12.3 Å². The van der Waals surface area contributed by atoms with E-state index in [0.29, 0.717) is 28.2 Å². The fourth-order valence-electron chi connectivity index (χ4n) is 3.50. The number of nitrogens with zero attached hydrogens (tertiary/aromatic N) is 3. The van der Waals surface area contributed by atoms with Crippen LogP contribution in [0.4, 0.5) is 5.13 Å². The largest absolute Gasteiger partial charge is 0.441 e. The Morgan fingerprint density at radius 2 is 2.13 bits per heavy atom. The monoisotopic (exact) mass is 444 g/mol. The molecule has 0 saturated carbocycles. The number of halogens is 1. The molecule has 1 saturated heterocycles. The number of carbonyl (C=O) groups is 1. The molecule has 1 aliphatic heterocycles. The van der Waals surface area contributed by atoms with Crippen molar-refractivity contribution < 1.29 is 9.21 Å². The summed E-state index contributed by atoms with van der Waals surface area (Å²) in [4.78, 5) is 23.6. The van der Waals surface area contributed by atoms with Gasteiger partial charge in [0.1, 0.15) is 0 Å². The van der Waals surface area contributed by atoms with E-state index < -0.39 is 0 Å². The van der Waals surface area contributed by atoms with Crippen molar-refractivity contribution in [2.45, 2.75) is 39.2 Å². The van der Waals surface area contributed by atoms with Gasteiger partial charge in [-0.3, -0.25) is 9.69 Å². The minimum Gasteiger partial charge on any atom is -0.441 e. The summed E-state index contributed by atoms with van der Waals surface area (Å²) in [5.41, 5.74) is 1.81. The number of thiazole rings is 1. The molecular formula is C22H25ClN4O2S. The number of aryl methyl sites for hydroxylation is 1. The van der Waals surface area contributed by atoms with Gasteiger partial charge in [0.25, 0.3) is 0 Å². The standard InChI is InChI=1S/C22H25ClN4O2S/c1-15-8-10-27(11-9-15)13-16-14-30-22(25-16)26-20(28)6-7-21-24-12-19(29-21)17-4-2-3-5-18(17)23/h2-5,12,14-15H,6-11,13H2,1H3,(H,25,26,28). The third kappa shape index (κ3) is 5.47. The lowest BCUT2D eigenvalue weighted by Crippen LogP contribution is -2.32. The lowest BCUT2D eigenvalue weighted by atomic mass is 9.99. The molecule has 0 bridgehead atoms. The van der Waals surface area contributed by atoms with Gasteiger partial charge in [0.2, 0.25) is 5.91 Å². The molecule has 1 amide bonds. The predicted octanol–water partition coefficient (Wildman–Crippen LogP) is 5.25. The molecular weight excluding hydrogens is 420 g/mol. The highest BCUT2D eigenvalue weighted by Gasteiger charge is 2.17. The summed E-state index contributed by atoms with van der Waals surface area (Å²) < 4.78 is 5.75. The van der Waals surface area contributed by atoms with Gasteiger partial charge < -0.3 is 9.73 Å². The van der Waals surface area contributed by atoms with Crippen molar-refractivity contribution in [2.75, 3.05) is 18.4 Å². The van der Waals surface area contributed by atoms with Crippen molar-refractivity contribution in [3.05, 3.63) is 52.4 Å². The van der Waals surface area contributed by atoms with Crippen LogP contribution in [0, 0.1) is 5.92 Å². The normalized spacial score (nSPS) is 15.4. The van der Waals surface area contributed by atoms with Gasteiger partial charge in [-0.1, -0.05) is 30.7 Å². The molecule has 30 heavy (non-hydrogen) atoms. The zero-order valence-corrected chi connectivity index (χ0v) is 18.5. The molecule has 4 rings (SSSR count). The van der Waals surface area contributed by atoms with E-state index in [1.807, 2.05) is 23.6 Å². The molecule has 1 N–H and O–H groups in total. The van der Waals surface area contributed by atoms with Gasteiger partial charge in [-0.15, -0.1) is 11.3 Å². The minimum absolute atomic E-state index is 0.0970. The number of rotatable bonds is 7. The quantitative estimate of drug-likeness (QED) is 0.538. The SMILES string of the molecule is CC1CCN(Cc2csc(NC(=O)CCc3ncc(-c4ccccc4Cl)o3)n2)CC1. The lowest BCUT2D eigenvalue weighted by Gasteiger charge is -2.29. The molecule has 0 aliphatic carbocycles. The molecule has 1 fully saturated rings. The van der Waals surface area contributed by atoms with Crippen LogP contribution in [0.3, 0.4) is 0 Å². The van der Waals surface area contributed by atoms with Crippen molar-refractivity contribution in [3.8, 4) is 11.3 Å². The molecule has 6 nitrogen and oxygen atoms in total. The number of amides is 1. The third-order valence-electron chi connectivity index (χ3n) is 5.32. The van der Waals surface area contributed by atoms with Gasteiger partial charge >= 0.3 is 0 Å². The van der Waals surface area contributed by atoms with E-state index in [0.717, 1.165) is 36.8 Å². The molecule has 3 aromatic rings. The van der Waals surface area contributed by atoms with Crippen molar-refractivity contribution in [3.63, 3.8) is 0 Å². The van der Waals surface area contributed by atoms with E-state index in [1.165, 1.54) is 24.2 Å². The summed E-state index contributed by atoms with van der Waals surface area (Å²) in [5, 5.41) is 6.16. The van der Waals surface area contributed by atoms with Gasteiger partial charge in [0.15, 0.2) is 16.8 Å². The van der Waals surface area contributed by atoms with Crippen LogP contribution in [-0.4, -0.2) is 33.9 Å². The number of benzene rings is 1. The number of oxazole rings is 1. The Bertz CT molecular complexity index is 994. The Kier molecular flexibility index (Phi) is 6.82. The van der Waals surface area contributed by atoms with Gasteiger partial charge in [-0.2, -0.15) is 0 Å². The van der Waals surface area contributed by atoms with Crippen molar-refractivity contribution in [1.29, 1.82) is 0 Å². The predicted molar refractivity (Wildman–Crippen MR) is 120 cm³/mol. The summed E-state index contributed by atoms with van der Waals surface area (Å²) in [6, 6.07) is 7.44. The molecule has 2 aromatic heterocycles. The van der Waals surface area contributed by atoms with Gasteiger partial charge in [-0.05, 0) is 44.0 Å². The Balaban J connectivity index is 1.26. The van der Waals surface area contributed by atoms with E-state index in [9.17, 15) is 4.79 Å². The summed E-state index contributed by atoms with van der Waals surface area (Å²) in [6.45, 7) is 5.39. The lowest BCUT2D eigenvalue weighted by molar-refractivity contribution is -0.116. The van der Waals surface area contributed by atoms with Crippen molar-refractivity contribution in [2.24, 2.45) is 5.92 Å². The fourth-order valence-corrected chi connectivity index (χ4v) is 4.45. The summed E-state index contributed by atoms with van der Waals surface area (Å²) >= 11 is 7.66. The molecule has 0 radical (unpaired) electrons. The number of hydrogen-bond donors (Lipinski definition) is 1. The number of hydrogen-bond acceptors (Lipinski definition) is 6. The van der Waals surface area contributed by atoms with Gasteiger partial charge in [0.05, 0.1) is 16.9 Å². The van der Waals surface area contributed by atoms with Crippen LogP contribution < -0.4 is 5.32 Å². The van der Waals surface area contributed by atoms with Crippen LogP contribution in [0.1, 0.15) is 37.8 Å². The van der Waals surface area contributed by atoms with Crippen LogP contribution in [-0.2, 0) is 17.8 Å². The van der Waals surface area contributed by atoms with Crippen LogP contribution in [0.2, 0.25) is 5.02 Å². The molecule has 3 heterocycles. The highest BCUT2D eigenvalue weighted by molar-refractivity contribution is 7.13. The van der Waals surface area contributed by atoms with E-state index in [4.69, 9.17) is 16.0 Å². The second-order valence-electron chi connectivity index (χ2n) is 7.75.